The predicted octanol–water partition coefficient (Wildman–Crippen LogP) is 6.07. The van der Waals surface area contributed by atoms with Crippen molar-refractivity contribution in [2.75, 3.05) is 23.7 Å². The van der Waals surface area contributed by atoms with Crippen LogP contribution in [-0.4, -0.2) is 74.4 Å². The van der Waals surface area contributed by atoms with Crippen LogP contribution in [0, 0.1) is 17.6 Å². The molecule has 12 nitrogen and oxygen atoms in total. The molecule has 0 bridgehead atoms. The van der Waals surface area contributed by atoms with Gasteiger partial charge in [-0.15, -0.1) is 0 Å². The van der Waals surface area contributed by atoms with E-state index in [1.54, 1.807) is 42.6 Å². The number of aromatic nitrogens is 3. The molecule has 0 radical (unpaired) electrons. The molecular weight excluding hydrogens is 743 g/mol. The lowest BCUT2D eigenvalue weighted by atomic mass is 9.83. The van der Waals surface area contributed by atoms with E-state index in [1.165, 1.54) is 16.7 Å². The first kappa shape index (κ1) is 39.3. The SMILES string of the molecule is O=C1CC[C@H](Nc2ccc(C3CCN(C4CCC(NC(=O)C5CCC(Nc6ncc(F)c(-c7cccc(-n8ccccc8=O)c7)n6)CC5)CC4)CC3)c(F)c2)C(=O)N1. The van der Waals surface area contributed by atoms with Gasteiger partial charge in [-0.3, -0.25) is 29.1 Å². The van der Waals surface area contributed by atoms with Gasteiger partial charge in [0.15, 0.2) is 5.82 Å². The zero-order chi connectivity index (χ0) is 40.2. The number of nitrogens with zero attached hydrogens (tertiary/aromatic N) is 4. The topological polar surface area (TPSA) is 150 Å². The number of likely N-dealkylation sites (tertiary alicyclic amines) is 1. The van der Waals surface area contributed by atoms with Gasteiger partial charge < -0.3 is 20.9 Å². The third kappa shape index (κ3) is 9.12. The third-order valence-corrected chi connectivity index (χ3v) is 12.5. The number of hydrogen-bond donors (Lipinski definition) is 4. The zero-order valence-electron chi connectivity index (χ0n) is 32.5. The number of halogens is 2. The highest BCUT2D eigenvalue weighted by atomic mass is 19.1. The van der Waals surface area contributed by atoms with Crippen molar-refractivity contribution in [3.8, 4) is 16.9 Å². The first-order valence-electron chi connectivity index (χ1n) is 20.7. The summed E-state index contributed by atoms with van der Waals surface area (Å²) in [5.74, 6) is -0.936. The number of hydrogen-bond acceptors (Lipinski definition) is 9. The summed E-state index contributed by atoms with van der Waals surface area (Å²) in [7, 11) is 0. The van der Waals surface area contributed by atoms with E-state index in [1.807, 2.05) is 12.1 Å². The average Bonchev–Trinajstić information content (AvgIpc) is 3.23. The summed E-state index contributed by atoms with van der Waals surface area (Å²) >= 11 is 0. The van der Waals surface area contributed by atoms with Crippen molar-refractivity contribution in [2.45, 2.75) is 107 Å². The van der Waals surface area contributed by atoms with Gasteiger partial charge in [-0.05, 0) is 126 Å². The molecule has 4 fully saturated rings. The minimum atomic E-state index is -0.555. The van der Waals surface area contributed by atoms with Crippen LogP contribution in [0.4, 0.5) is 20.4 Å². The van der Waals surface area contributed by atoms with Crippen molar-refractivity contribution in [2.24, 2.45) is 5.92 Å². The molecule has 2 aliphatic heterocycles. The van der Waals surface area contributed by atoms with Crippen molar-refractivity contribution in [3.63, 3.8) is 0 Å². The van der Waals surface area contributed by atoms with E-state index in [4.69, 9.17) is 0 Å². The highest BCUT2D eigenvalue weighted by Gasteiger charge is 2.33. The Morgan fingerprint density at radius 3 is 2.29 bits per heavy atom. The minimum absolute atomic E-state index is 0.0497. The summed E-state index contributed by atoms with van der Waals surface area (Å²) in [5, 5.41) is 12.1. The highest BCUT2D eigenvalue weighted by molar-refractivity contribution is 6.01. The van der Waals surface area contributed by atoms with E-state index < -0.39 is 11.9 Å². The largest absolute Gasteiger partial charge is 0.374 e. The van der Waals surface area contributed by atoms with E-state index in [0.717, 1.165) is 83.5 Å². The smallest absolute Gasteiger partial charge is 0.255 e. The number of carbonyl (C=O) groups is 3. The Kier molecular flexibility index (Phi) is 11.9. The Hall–Kier alpha value is -5.50. The second-order valence-electron chi connectivity index (χ2n) is 16.3. The van der Waals surface area contributed by atoms with E-state index in [2.05, 4.69) is 36.1 Å². The molecule has 0 unspecified atom stereocenters. The van der Waals surface area contributed by atoms with Crippen LogP contribution in [0.2, 0.25) is 0 Å². The molecule has 8 rings (SSSR count). The Labute approximate surface area is 336 Å². The molecule has 2 saturated carbocycles. The summed E-state index contributed by atoms with van der Waals surface area (Å²) < 4.78 is 31.7. The van der Waals surface area contributed by atoms with Crippen LogP contribution in [0.15, 0.2) is 77.9 Å². The maximum atomic E-state index is 15.3. The molecule has 1 atom stereocenters. The number of nitrogens with one attached hydrogen (secondary N) is 4. The van der Waals surface area contributed by atoms with Gasteiger partial charge in [0, 0.05) is 59.7 Å². The van der Waals surface area contributed by atoms with Gasteiger partial charge in [-0.25, -0.2) is 18.7 Å². The number of anilines is 2. The second-order valence-corrected chi connectivity index (χ2v) is 16.3. The lowest BCUT2D eigenvalue weighted by Crippen LogP contribution is -2.47. The summed E-state index contributed by atoms with van der Waals surface area (Å²) in [6.45, 7) is 1.82. The first-order valence-corrected chi connectivity index (χ1v) is 20.7. The van der Waals surface area contributed by atoms with Crippen LogP contribution in [0.3, 0.4) is 0 Å². The van der Waals surface area contributed by atoms with Gasteiger partial charge in [0.25, 0.3) is 5.56 Å². The number of pyridine rings is 1. The molecule has 14 heteroatoms. The van der Waals surface area contributed by atoms with Crippen LogP contribution < -0.4 is 26.8 Å². The Morgan fingerprint density at radius 1 is 0.776 bits per heavy atom. The average molecular weight is 793 g/mol. The van der Waals surface area contributed by atoms with E-state index in [-0.39, 0.29) is 65.1 Å². The van der Waals surface area contributed by atoms with Gasteiger partial charge in [0.05, 0.1) is 6.20 Å². The van der Waals surface area contributed by atoms with Gasteiger partial charge >= 0.3 is 0 Å². The van der Waals surface area contributed by atoms with Gasteiger partial charge in [0.2, 0.25) is 23.7 Å². The maximum Gasteiger partial charge on any atom is 0.255 e. The number of amides is 3. The Morgan fingerprint density at radius 2 is 1.55 bits per heavy atom. The number of benzene rings is 2. The maximum absolute atomic E-state index is 15.3. The predicted molar refractivity (Wildman–Crippen MR) is 216 cm³/mol. The Bertz CT molecular complexity index is 2190. The molecule has 4 N–H and O–H groups in total. The quantitative estimate of drug-likeness (QED) is 0.141. The molecule has 2 saturated heterocycles. The lowest BCUT2D eigenvalue weighted by molar-refractivity contribution is -0.133. The van der Waals surface area contributed by atoms with E-state index in [0.29, 0.717) is 40.9 Å². The fraction of sp³-hybridized carbons (Fsp3) is 0.455. The van der Waals surface area contributed by atoms with Crippen molar-refractivity contribution in [3.05, 3.63) is 101 Å². The van der Waals surface area contributed by atoms with Gasteiger partial charge in [0.1, 0.15) is 17.6 Å². The van der Waals surface area contributed by atoms with Crippen LogP contribution >= 0.6 is 0 Å². The molecule has 4 aliphatic rings. The first-order chi connectivity index (χ1) is 28.2. The van der Waals surface area contributed by atoms with Crippen LogP contribution in [0.5, 0.6) is 0 Å². The number of piperidine rings is 2. The van der Waals surface area contributed by atoms with Gasteiger partial charge in [-0.1, -0.05) is 24.3 Å². The van der Waals surface area contributed by atoms with Crippen molar-refractivity contribution < 1.29 is 23.2 Å². The normalized spacial score (nSPS) is 24.5. The zero-order valence-corrected chi connectivity index (χ0v) is 32.5. The standard InChI is InChI=1S/C44H50F2N8O4/c45-36-25-32(48-38-17-18-39(55)51-43(38)58)13-16-35(36)27-19-22-53(23-20-27)33-14-11-30(12-15-33)49-42(57)28-7-9-31(10-8-28)50-44-47-26-37(46)41(52-44)29-4-3-5-34(24-29)54-21-2-1-6-40(54)56/h1-6,13,16,21,24-28,30-31,33,38,48H,7-12,14-15,17-20,22-23H2,(H,49,57)(H,47,50,52)(H,51,55,58)/t28?,30?,31?,33?,38-/m0/s1. The van der Waals surface area contributed by atoms with Crippen LogP contribution in [0.25, 0.3) is 16.9 Å². The molecule has 2 aromatic carbocycles. The van der Waals surface area contributed by atoms with E-state index >= 15 is 4.39 Å². The van der Waals surface area contributed by atoms with Crippen molar-refractivity contribution >= 4 is 29.4 Å². The van der Waals surface area contributed by atoms with Crippen LogP contribution in [0.1, 0.15) is 88.5 Å². The third-order valence-electron chi connectivity index (χ3n) is 12.5. The number of imide groups is 1. The fourth-order valence-corrected chi connectivity index (χ4v) is 9.23. The summed E-state index contributed by atoms with van der Waals surface area (Å²) in [6.07, 6.45) is 12.2. The molecular formula is C44H50F2N8O4. The summed E-state index contributed by atoms with van der Waals surface area (Å²) in [4.78, 5) is 60.5. The molecule has 4 heterocycles. The van der Waals surface area contributed by atoms with Crippen molar-refractivity contribution in [1.29, 1.82) is 0 Å². The molecule has 304 valence electrons. The monoisotopic (exact) mass is 792 g/mol. The molecule has 3 amide bonds. The molecule has 0 spiro atoms. The second kappa shape index (κ2) is 17.6. The van der Waals surface area contributed by atoms with Crippen molar-refractivity contribution in [1.82, 2.24) is 30.1 Å². The van der Waals surface area contributed by atoms with E-state index in [9.17, 15) is 23.6 Å². The van der Waals surface area contributed by atoms with Crippen LogP contribution in [-0.2, 0) is 14.4 Å². The van der Waals surface area contributed by atoms with Gasteiger partial charge in [-0.2, -0.15) is 0 Å². The summed E-state index contributed by atoms with van der Waals surface area (Å²) in [5.41, 5.74) is 2.36. The molecule has 4 aromatic rings. The fourth-order valence-electron chi connectivity index (χ4n) is 9.23. The number of carbonyl (C=O) groups excluding carboxylic acids is 3. The minimum Gasteiger partial charge on any atom is -0.374 e. The number of rotatable bonds is 10. The highest BCUT2D eigenvalue weighted by Crippen LogP contribution is 2.35. The Balaban J connectivity index is 0.760. The summed E-state index contributed by atoms with van der Waals surface area (Å²) in [6, 6.07) is 17.2. The molecule has 2 aromatic heterocycles. The molecule has 2 aliphatic carbocycles. The molecule has 58 heavy (non-hydrogen) atoms. The lowest BCUT2D eigenvalue weighted by Gasteiger charge is -2.41.